The lowest BCUT2D eigenvalue weighted by atomic mass is 10.0. The number of piperidine rings is 1. The fourth-order valence-electron chi connectivity index (χ4n) is 3.52. The van der Waals surface area contributed by atoms with E-state index in [0.29, 0.717) is 0 Å². The standard InChI is InChI=1S/C21H22N4O/c26-21-9-8-20(18-6-2-1-3-7-18)23-25(21)19-10-13-24(14-11-19)16-17-5-4-12-22-15-17/h1-9,12,15,19H,10-11,13-14,16H2. The van der Waals surface area contributed by atoms with Crippen molar-refractivity contribution in [2.75, 3.05) is 13.1 Å². The fourth-order valence-corrected chi connectivity index (χ4v) is 3.52. The number of likely N-dealkylation sites (tertiary alicyclic amines) is 1. The highest BCUT2D eigenvalue weighted by molar-refractivity contribution is 5.57. The van der Waals surface area contributed by atoms with Crippen molar-refractivity contribution in [1.29, 1.82) is 0 Å². The number of pyridine rings is 1. The SMILES string of the molecule is O=c1ccc(-c2ccccc2)nn1C1CCN(Cc2cccnc2)CC1. The van der Waals surface area contributed by atoms with Gasteiger partial charge in [-0.3, -0.25) is 14.7 Å². The Kier molecular flexibility index (Phi) is 4.88. The largest absolute Gasteiger partial charge is 0.299 e. The molecule has 0 unspecified atom stereocenters. The topological polar surface area (TPSA) is 51.0 Å². The van der Waals surface area contributed by atoms with Crippen LogP contribution in [0.25, 0.3) is 11.3 Å². The van der Waals surface area contributed by atoms with Gasteiger partial charge in [0.15, 0.2) is 0 Å². The molecule has 1 fully saturated rings. The van der Waals surface area contributed by atoms with Gasteiger partial charge in [-0.1, -0.05) is 36.4 Å². The van der Waals surface area contributed by atoms with Crippen molar-refractivity contribution < 1.29 is 0 Å². The third kappa shape index (κ3) is 3.73. The average molecular weight is 346 g/mol. The number of benzene rings is 1. The minimum Gasteiger partial charge on any atom is -0.299 e. The molecule has 1 aliphatic heterocycles. The third-order valence-corrected chi connectivity index (χ3v) is 4.93. The van der Waals surface area contributed by atoms with Crippen molar-refractivity contribution in [2.24, 2.45) is 0 Å². The Morgan fingerprint density at radius 1 is 0.962 bits per heavy atom. The summed E-state index contributed by atoms with van der Waals surface area (Å²) >= 11 is 0. The summed E-state index contributed by atoms with van der Waals surface area (Å²) in [6.45, 7) is 2.83. The quantitative estimate of drug-likeness (QED) is 0.728. The summed E-state index contributed by atoms with van der Waals surface area (Å²) in [5, 5.41) is 4.65. The molecule has 26 heavy (non-hydrogen) atoms. The van der Waals surface area contributed by atoms with Crippen LogP contribution >= 0.6 is 0 Å². The maximum absolute atomic E-state index is 12.4. The van der Waals surface area contributed by atoms with Crippen molar-refractivity contribution in [1.82, 2.24) is 19.7 Å². The molecule has 1 aromatic carbocycles. The van der Waals surface area contributed by atoms with E-state index >= 15 is 0 Å². The summed E-state index contributed by atoms with van der Waals surface area (Å²) in [5.41, 5.74) is 3.10. The van der Waals surface area contributed by atoms with Gasteiger partial charge in [-0.2, -0.15) is 5.10 Å². The number of hydrogen-bond acceptors (Lipinski definition) is 4. The van der Waals surface area contributed by atoms with Gasteiger partial charge in [-0.25, -0.2) is 4.68 Å². The third-order valence-electron chi connectivity index (χ3n) is 4.93. The first-order chi connectivity index (χ1) is 12.8. The van der Waals surface area contributed by atoms with Gasteiger partial charge in [-0.15, -0.1) is 0 Å². The molecule has 3 heterocycles. The van der Waals surface area contributed by atoms with Gasteiger partial charge in [-0.05, 0) is 30.5 Å². The van der Waals surface area contributed by atoms with Crippen LogP contribution in [0.5, 0.6) is 0 Å². The molecular weight excluding hydrogens is 324 g/mol. The summed E-state index contributed by atoms with van der Waals surface area (Å²) < 4.78 is 1.68. The molecule has 4 rings (SSSR count). The summed E-state index contributed by atoms with van der Waals surface area (Å²) in [4.78, 5) is 19.0. The highest BCUT2D eigenvalue weighted by atomic mass is 16.1. The lowest BCUT2D eigenvalue weighted by Crippen LogP contribution is -2.38. The molecule has 1 saturated heterocycles. The molecule has 0 saturated carbocycles. The summed E-state index contributed by atoms with van der Waals surface area (Å²) in [6, 6.07) is 17.7. The highest BCUT2D eigenvalue weighted by Crippen LogP contribution is 2.23. The number of nitrogens with zero attached hydrogens (tertiary/aromatic N) is 4. The lowest BCUT2D eigenvalue weighted by Gasteiger charge is -2.32. The fraction of sp³-hybridized carbons (Fsp3) is 0.286. The van der Waals surface area contributed by atoms with E-state index in [1.54, 1.807) is 16.9 Å². The maximum Gasteiger partial charge on any atom is 0.267 e. The number of rotatable bonds is 4. The van der Waals surface area contributed by atoms with Crippen molar-refractivity contribution in [3.05, 3.63) is 82.9 Å². The monoisotopic (exact) mass is 346 g/mol. The second-order valence-corrected chi connectivity index (χ2v) is 6.74. The van der Waals surface area contributed by atoms with E-state index in [1.807, 2.05) is 48.7 Å². The molecule has 0 radical (unpaired) electrons. The Labute approximate surface area is 152 Å². The molecule has 5 nitrogen and oxygen atoms in total. The summed E-state index contributed by atoms with van der Waals surface area (Å²) in [5.74, 6) is 0. The van der Waals surface area contributed by atoms with E-state index in [1.165, 1.54) is 5.56 Å². The van der Waals surface area contributed by atoms with Crippen LogP contribution in [-0.4, -0.2) is 32.8 Å². The van der Waals surface area contributed by atoms with Crippen LogP contribution in [0.2, 0.25) is 0 Å². The van der Waals surface area contributed by atoms with Gasteiger partial charge < -0.3 is 0 Å². The summed E-state index contributed by atoms with van der Waals surface area (Å²) in [6.07, 6.45) is 5.59. The molecule has 0 spiro atoms. The number of hydrogen-bond donors (Lipinski definition) is 0. The van der Waals surface area contributed by atoms with E-state index in [9.17, 15) is 4.79 Å². The van der Waals surface area contributed by atoms with Crippen molar-refractivity contribution in [3.63, 3.8) is 0 Å². The summed E-state index contributed by atoms with van der Waals surface area (Å²) in [7, 11) is 0. The first-order valence-corrected chi connectivity index (χ1v) is 9.06. The Hall–Kier alpha value is -2.79. The van der Waals surface area contributed by atoms with Gasteiger partial charge in [0.25, 0.3) is 5.56 Å². The van der Waals surface area contributed by atoms with Crippen LogP contribution in [-0.2, 0) is 6.54 Å². The van der Waals surface area contributed by atoms with Gasteiger partial charge in [0.05, 0.1) is 11.7 Å². The second-order valence-electron chi connectivity index (χ2n) is 6.74. The van der Waals surface area contributed by atoms with Crippen molar-refractivity contribution >= 4 is 0 Å². The zero-order valence-corrected chi connectivity index (χ0v) is 14.7. The van der Waals surface area contributed by atoms with Crippen LogP contribution < -0.4 is 5.56 Å². The predicted molar refractivity (Wildman–Crippen MR) is 102 cm³/mol. The van der Waals surface area contributed by atoms with Crippen LogP contribution in [0, 0.1) is 0 Å². The average Bonchev–Trinajstić information content (AvgIpc) is 2.71. The molecule has 0 amide bonds. The molecule has 1 aliphatic rings. The smallest absolute Gasteiger partial charge is 0.267 e. The Bertz CT molecular complexity index is 900. The van der Waals surface area contributed by atoms with E-state index in [-0.39, 0.29) is 11.6 Å². The zero-order valence-electron chi connectivity index (χ0n) is 14.7. The molecule has 132 valence electrons. The van der Waals surface area contributed by atoms with Crippen molar-refractivity contribution in [3.8, 4) is 11.3 Å². The van der Waals surface area contributed by atoms with E-state index in [0.717, 1.165) is 43.7 Å². The lowest BCUT2D eigenvalue weighted by molar-refractivity contribution is 0.170. The Balaban J connectivity index is 1.47. The second kappa shape index (κ2) is 7.62. The van der Waals surface area contributed by atoms with Crippen LogP contribution in [0.1, 0.15) is 24.4 Å². The van der Waals surface area contributed by atoms with Crippen LogP contribution in [0.4, 0.5) is 0 Å². The molecular formula is C21H22N4O. The van der Waals surface area contributed by atoms with Crippen LogP contribution in [0.15, 0.2) is 71.8 Å². The molecule has 0 bridgehead atoms. The Morgan fingerprint density at radius 2 is 1.77 bits per heavy atom. The van der Waals surface area contributed by atoms with Gasteiger partial charge in [0.1, 0.15) is 0 Å². The van der Waals surface area contributed by atoms with Gasteiger partial charge in [0.2, 0.25) is 0 Å². The molecule has 3 aromatic rings. The van der Waals surface area contributed by atoms with Gasteiger partial charge >= 0.3 is 0 Å². The Morgan fingerprint density at radius 3 is 2.50 bits per heavy atom. The zero-order chi connectivity index (χ0) is 17.8. The van der Waals surface area contributed by atoms with E-state index < -0.39 is 0 Å². The van der Waals surface area contributed by atoms with Crippen molar-refractivity contribution in [2.45, 2.75) is 25.4 Å². The first kappa shape index (κ1) is 16.7. The molecule has 2 aromatic heterocycles. The van der Waals surface area contributed by atoms with E-state index in [2.05, 4.69) is 21.0 Å². The molecule has 0 aliphatic carbocycles. The molecule has 0 atom stereocenters. The predicted octanol–water partition coefficient (Wildman–Crippen LogP) is 3.14. The highest BCUT2D eigenvalue weighted by Gasteiger charge is 2.22. The minimum atomic E-state index is -0.0182. The number of aromatic nitrogens is 3. The van der Waals surface area contributed by atoms with Crippen LogP contribution in [0.3, 0.4) is 0 Å². The van der Waals surface area contributed by atoms with Gasteiger partial charge in [0, 0.05) is 43.7 Å². The minimum absolute atomic E-state index is 0.0182. The first-order valence-electron chi connectivity index (χ1n) is 9.06. The molecule has 0 N–H and O–H groups in total. The molecule has 5 heteroatoms. The maximum atomic E-state index is 12.4. The van der Waals surface area contributed by atoms with E-state index in [4.69, 9.17) is 0 Å². The normalized spacial score (nSPS) is 15.8.